The van der Waals surface area contributed by atoms with Crippen LogP contribution in [0.3, 0.4) is 0 Å². The molecule has 0 spiro atoms. The molecule has 0 bridgehead atoms. The van der Waals surface area contributed by atoms with Crippen molar-refractivity contribution in [3.05, 3.63) is 45.6 Å². The first kappa shape index (κ1) is 12.0. The summed E-state index contributed by atoms with van der Waals surface area (Å²) in [7, 11) is 0. The van der Waals surface area contributed by atoms with Crippen molar-refractivity contribution in [1.29, 1.82) is 0 Å². The summed E-state index contributed by atoms with van der Waals surface area (Å²) in [6.45, 7) is 6.44. The molecule has 1 atom stereocenters. The molecule has 0 saturated heterocycles. The summed E-state index contributed by atoms with van der Waals surface area (Å²) >= 11 is 1.83. The van der Waals surface area contributed by atoms with Gasteiger partial charge in [-0.25, -0.2) is 0 Å². The van der Waals surface area contributed by atoms with Crippen LogP contribution in [-0.4, -0.2) is 5.11 Å². The number of aryl methyl sites for hydroxylation is 2. The van der Waals surface area contributed by atoms with Crippen molar-refractivity contribution in [2.24, 2.45) is 0 Å². The summed E-state index contributed by atoms with van der Waals surface area (Å²) in [5.41, 5.74) is 2.37. The van der Waals surface area contributed by atoms with E-state index in [2.05, 4.69) is 32.2 Å². The molecular weight excluding hydrogens is 230 g/mol. The van der Waals surface area contributed by atoms with Gasteiger partial charge in [0.15, 0.2) is 0 Å². The first-order valence-electron chi connectivity index (χ1n) is 5.69. The maximum absolute atomic E-state index is 9.23. The van der Waals surface area contributed by atoms with Gasteiger partial charge in [-0.15, -0.1) is 11.3 Å². The summed E-state index contributed by atoms with van der Waals surface area (Å²) in [6.07, 6.45) is 0. The van der Waals surface area contributed by atoms with Crippen LogP contribution in [0.1, 0.15) is 28.3 Å². The van der Waals surface area contributed by atoms with Gasteiger partial charge in [0, 0.05) is 21.5 Å². The number of hydrogen-bond acceptors (Lipinski definition) is 3. The van der Waals surface area contributed by atoms with Gasteiger partial charge in [-0.05, 0) is 56.7 Å². The Hall–Kier alpha value is -1.48. The quantitative estimate of drug-likeness (QED) is 0.795. The monoisotopic (exact) mass is 247 g/mol. The molecule has 0 aliphatic rings. The number of anilines is 1. The molecule has 0 saturated carbocycles. The van der Waals surface area contributed by atoms with Gasteiger partial charge in [-0.2, -0.15) is 0 Å². The number of benzene rings is 1. The van der Waals surface area contributed by atoms with Crippen molar-refractivity contribution in [1.82, 2.24) is 0 Å². The fraction of sp³-hybridized carbons (Fsp3) is 0.286. The Labute approximate surface area is 106 Å². The average molecular weight is 247 g/mol. The van der Waals surface area contributed by atoms with E-state index >= 15 is 0 Å². The Kier molecular flexibility index (Phi) is 3.38. The van der Waals surface area contributed by atoms with Gasteiger partial charge in [-0.3, -0.25) is 0 Å². The Morgan fingerprint density at radius 1 is 1.18 bits per heavy atom. The van der Waals surface area contributed by atoms with Crippen LogP contribution in [0, 0.1) is 13.8 Å². The lowest BCUT2D eigenvalue weighted by atomic mass is 10.1. The van der Waals surface area contributed by atoms with Gasteiger partial charge in [-0.1, -0.05) is 0 Å². The minimum absolute atomic E-state index is 0.282. The van der Waals surface area contributed by atoms with Crippen LogP contribution in [0.5, 0.6) is 5.75 Å². The fourth-order valence-electron chi connectivity index (χ4n) is 1.97. The first-order chi connectivity index (χ1) is 8.06. The topological polar surface area (TPSA) is 32.3 Å². The second-order valence-corrected chi connectivity index (χ2v) is 5.74. The molecular formula is C14H17NOS. The Morgan fingerprint density at radius 3 is 2.35 bits per heavy atom. The number of phenolic OH excluding ortho intramolecular Hbond substituents is 1. The number of thiophene rings is 1. The minimum atomic E-state index is 0.282. The predicted molar refractivity (Wildman–Crippen MR) is 73.9 cm³/mol. The first-order valence-corrected chi connectivity index (χ1v) is 6.50. The molecule has 17 heavy (non-hydrogen) atoms. The molecule has 1 heterocycles. The van der Waals surface area contributed by atoms with E-state index < -0.39 is 0 Å². The molecule has 2 N–H and O–H groups in total. The molecule has 2 rings (SSSR count). The number of nitrogens with one attached hydrogen (secondary N) is 1. The summed E-state index contributed by atoms with van der Waals surface area (Å²) in [5, 5.41) is 12.7. The molecule has 1 unspecified atom stereocenters. The van der Waals surface area contributed by atoms with Crippen molar-refractivity contribution < 1.29 is 5.11 Å². The lowest BCUT2D eigenvalue weighted by Crippen LogP contribution is -2.06. The van der Waals surface area contributed by atoms with Crippen LogP contribution in [0.15, 0.2) is 30.3 Å². The van der Waals surface area contributed by atoms with Crippen LogP contribution in [0.4, 0.5) is 5.69 Å². The molecule has 0 amide bonds. The van der Waals surface area contributed by atoms with Crippen molar-refractivity contribution in [3.63, 3.8) is 0 Å². The molecule has 2 aromatic rings. The third-order valence-corrected chi connectivity index (χ3v) is 3.78. The average Bonchev–Trinajstić information content (AvgIpc) is 2.61. The summed E-state index contributed by atoms with van der Waals surface area (Å²) in [5.74, 6) is 0.297. The standard InChI is InChI=1S/C14H17NOS/c1-9-8-14(11(3)17-9)10(2)15-12-4-6-13(16)7-5-12/h4-8,10,15-16H,1-3H3. The lowest BCUT2D eigenvalue weighted by molar-refractivity contribution is 0.475. The molecule has 3 heteroatoms. The van der Waals surface area contributed by atoms with Crippen molar-refractivity contribution >= 4 is 17.0 Å². The van der Waals surface area contributed by atoms with Crippen LogP contribution < -0.4 is 5.32 Å². The van der Waals surface area contributed by atoms with E-state index in [1.54, 1.807) is 12.1 Å². The van der Waals surface area contributed by atoms with Crippen LogP contribution in [0.2, 0.25) is 0 Å². The normalized spacial score (nSPS) is 12.4. The van der Waals surface area contributed by atoms with Crippen LogP contribution in [0.25, 0.3) is 0 Å². The van der Waals surface area contributed by atoms with Crippen molar-refractivity contribution in [2.75, 3.05) is 5.32 Å². The summed E-state index contributed by atoms with van der Waals surface area (Å²) < 4.78 is 0. The van der Waals surface area contributed by atoms with E-state index in [4.69, 9.17) is 0 Å². The molecule has 0 aliphatic carbocycles. The highest BCUT2D eigenvalue weighted by atomic mass is 32.1. The summed E-state index contributed by atoms with van der Waals surface area (Å²) in [6, 6.07) is 9.69. The zero-order chi connectivity index (χ0) is 12.4. The maximum Gasteiger partial charge on any atom is 0.115 e. The Bertz CT molecular complexity index is 501. The van der Waals surface area contributed by atoms with E-state index in [0.29, 0.717) is 5.75 Å². The van der Waals surface area contributed by atoms with E-state index in [0.717, 1.165) is 5.69 Å². The maximum atomic E-state index is 9.23. The van der Waals surface area contributed by atoms with Gasteiger partial charge in [0.05, 0.1) is 0 Å². The number of hydrogen-bond donors (Lipinski definition) is 2. The Morgan fingerprint density at radius 2 is 1.82 bits per heavy atom. The molecule has 0 aliphatic heterocycles. The van der Waals surface area contributed by atoms with Crippen molar-refractivity contribution in [2.45, 2.75) is 26.8 Å². The van der Waals surface area contributed by atoms with E-state index in [1.807, 2.05) is 23.5 Å². The molecule has 2 nitrogen and oxygen atoms in total. The van der Waals surface area contributed by atoms with Gasteiger partial charge >= 0.3 is 0 Å². The highest BCUT2D eigenvalue weighted by Crippen LogP contribution is 2.28. The number of rotatable bonds is 3. The predicted octanol–water partition coefficient (Wildman–Crippen LogP) is 4.24. The van der Waals surface area contributed by atoms with Gasteiger partial charge in [0.1, 0.15) is 5.75 Å². The largest absolute Gasteiger partial charge is 0.508 e. The SMILES string of the molecule is Cc1cc(C(C)Nc2ccc(O)cc2)c(C)s1. The highest BCUT2D eigenvalue weighted by Gasteiger charge is 2.10. The van der Waals surface area contributed by atoms with E-state index in [-0.39, 0.29) is 6.04 Å². The third-order valence-electron chi connectivity index (χ3n) is 2.80. The molecule has 1 aromatic heterocycles. The van der Waals surface area contributed by atoms with E-state index in [1.165, 1.54) is 15.3 Å². The zero-order valence-electron chi connectivity index (χ0n) is 10.3. The molecule has 1 aromatic carbocycles. The zero-order valence-corrected chi connectivity index (χ0v) is 11.1. The third kappa shape index (κ3) is 2.80. The number of phenols is 1. The highest BCUT2D eigenvalue weighted by molar-refractivity contribution is 7.12. The lowest BCUT2D eigenvalue weighted by Gasteiger charge is -2.15. The smallest absolute Gasteiger partial charge is 0.115 e. The van der Waals surface area contributed by atoms with Gasteiger partial charge in [0.2, 0.25) is 0 Å². The number of aromatic hydroxyl groups is 1. The van der Waals surface area contributed by atoms with Crippen LogP contribution in [-0.2, 0) is 0 Å². The second kappa shape index (κ2) is 4.80. The van der Waals surface area contributed by atoms with Crippen LogP contribution >= 0.6 is 11.3 Å². The van der Waals surface area contributed by atoms with Crippen molar-refractivity contribution in [3.8, 4) is 5.75 Å². The van der Waals surface area contributed by atoms with Gasteiger partial charge < -0.3 is 10.4 Å². The fourth-order valence-corrected chi connectivity index (χ4v) is 2.99. The second-order valence-electron chi connectivity index (χ2n) is 4.28. The molecule has 0 radical (unpaired) electrons. The summed E-state index contributed by atoms with van der Waals surface area (Å²) in [4.78, 5) is 2.71. The molecule has 0 fully saturated rings. The van der Waals surface area contributed by atoms with E-state index in [9.17, 15) is 5.11 Å². The van der Waals surface area contributed by atoms with Gasteiger partial charge in [0.25, 0.3) is 0 Å². The molecule has 90 valence electrons. The Balaban J connectivity index is 2.14. The minimum Gasteiger partial charge on any atom is -0.508 e.